The van der Waals surface area contributed by atoms with Crippen LogP contribution in [-0.4, -0.2) is 59.0 Å². The summed E-state index contributed by atoms with van der Waals surface area (Å²) in [7, 11) is 1.20. The van der Waals surface area contributed by atoms with Crippen LogP contribution in [0.5, 0.6) is 0 Å². The van der Waals surface area contributed by atoms with E-state index in [0.29, 0.717) is 5.56 Å². The summed E-state index contributed by atoms with van der Waals surface area (Å²) in [6.45, 7) is 10.1. The Hall–Kier alpha value is -3.10. The molecular weight excluding hydrogens is 390 g/mol. The van der Waals surface area contributed by atoms with E-state index < -0.39 is 41.9 Å². The Morgan fingerprint density at radius 3 is 1.90 bits per heavy atom. The van der Waals surface area contributed by atoms with Crippen molar-refractivity contribution in [3.05, 3.63) is 35.9 Å². The number of carbonyl (C=O) groups excluding carboxylic acids is 3. The number of amidine groups is 1. The van der Waals surface area contributed by atoms with E-state index in [1.165, 1.54) is 7.11 Å². The molecular formula is C21H29N3O6. The van der Waals surface area contributed by atoms with Crippen LogP contribution >= 0.6 is 0 Å². The number of carbonyl (C=O) groups is 3. The maximum Gasteiger partial charge on any atom is 0.435 e. The summed E-state index contributed by atoms with van der Waals surface area (Å²) in [5.74, 6) is -1.27. The first-order valence-electron chi connectivity index (χ1n) is 9.81. The highest BCUT2D eigenvalue weighted by Crippen LogP contribution is 2.38. The maximum atomic E-state index is 13.1. The molecule has 1 atom stereocenters. The molecule has 0 saturated heterocycles. The van der Waals surface area contributed by atoms with Crippen LogP contribution in [0.4, 0.5) is 9.59 Å². The molecule has 9 heteroatoms. The Balaban J connectivity index is 2.77. The van der Waals surface area contributed by atoms with Gasteiger partial charge in [-0.1, -0.05) is 44.2 Å². The average molecular weight is 419 g/mol. The van der Waals surface area contributed by atoms with Gasteiger partial charge in [0.25, 0.3) is 5.66 Å². The Morgan fingerprint density at radius 1 is 0.900 bits per heavy atom. The van der Waals surface area contributed by atoms with Crippen molar-refractivity contribution in [2.24, 2.45) is 10.9 Å². The molecule has 0 radical (unpaired) electrons. The van der Waals surface area contributed by atoms with E-state index in [1.807, 2.05) is 0 Å². The van der Waals surface area contributed by atoms with Crippen molar-refractivity contribution in [1.82, 2.24) is 10.0 Å². The van der Waals surface area contributed by atoms with Crippen LogP contribution in [0.1, 0.15) is 47.1 Å². The molecule has 1 aliphatic rings. The third kappa shape index (κ3) is 4.24. The topological polar surface area (TPSA) is 97.7 Å². The van der Waals surface area contributed by atoms with Crippen LogP contribution in [-0.2, 0) is 19.0 Å². The summed E-state index contributed by atoms with van der Waals surface area (Å²) in [6.07, 6.45) is -2.74. The van der Waals surface area contributed by atoms with Crippen molar-refractivity contribution in [1.29, 1.82) is 0 Å². The second-order valence-corrected chi connectivity index (χ2v) is 7.66. The smallest absolute Gasteiger partial charge is 0.435 e. The summed E-state index contributed by atoms with van der Waals surface area (Å²) in [6, 6.07) is 8.75. The molecule has 0 bridgehead atoms. The van der Waals surface area contributed by atoms with E-state index in [9.17, 15) is 14.4 Å². The molecule has 1 heterocycles. The fourth-order valence-corrected chi connectivity index (χ4v) is 3.06. The molecule has 0 unspecified atom stereocenters. The van der Waals surface area contributed by atoms with Crippen molar-refractivity contribution in [3.63, 3.8) is 0 Å². The van der Waals surface area contributed by atoms with Crippen molar-refractivity contribution in [2.45, 2.75) is 59.4 Å². The second-order valence-electron chi connectivity index (χ2n) is 7.66. The molecule has 0 aromatic heterocycles. The minimum Gasteiger partial charge on any atom is -0.466 e. The number of hydrogen-bond acceptors (Lipinski definition) is 7. The zero-order chi connectivity index (χ0) is 22.6. The molecule has 1 aliphatic heterocycles. The van der Waals surface area contributed by atoms with E-state index in [-0.39, 0.29) is 5.84 Å². The number of hydrazine groups is 1. The molecule has 0 saturated carbocycles. The summed E-state index contributed by atoms with van der Waals surface area (Å²) < 4.78 is 15.7. The second kappa shape index (κ2) is 9.15. The standard InChI is InChI=1S/C21H29N3O6/c1-13(2)21(18(25)28-7)22-17(16-11-9-8-10-12-16)23(19(26)29-14(3)4)24(21)20(27)30-15(5)6/h8-15H,1-7H3/t21-/m1/s1. The monoisotopic (exact) mass is 419 g/mol. The first-order valence-corrected chi connectivity index (χ1v) is 9.81. The molecule has 30 heavy (non-hydrogen) atoms. The first-order chi connectivity index (χ1) is 14.1. The third-order valence-electron chi connectivity index (χ3n) is 4.34. The van der Waals surface area contributed by atoms with E-state index in [0.717, 1.165) is 10.0 Å². The number of methoxy groups -OCH3 is 1. The molecule has 2 amide bonds. The lowest BCUT2D eigenvalue weighted by molar-refractivity contribution is -0.162. The van der Waals surface area contributed by atoms with Gasteiger partial charge in [0.1, 0.15) is 0 Å². The van der Waals surface area contributed by atoms with Crippen molar-refractivity contribution < 1.29 is 28.6 Å². The Bertz CT molecular complexity index is 821. The molecule has 9 nitrogen and oxygen atoms in total. The number of hydrogen-bond donors (Lipinski definition) is 0. The number of nitrogens with zero attached hydrogens (tertiary/aromatic N) is 3. The molecule has 0 spiro atoms. The number of benzene rings is 1. The van der Waals surface area contributed by atoms with Gasteiger partial charge in [-0.25, -0.2) is 19.4 Å². The average Bonchev–Trinajstić information content (AvgIpc) is 3.04. The van der Waals surface area contributed by atoms with Gasteiger partial charge in [-0.3, -0.25) is 0 Å². The quantitative estimate of drug-likeness (QED) is 0.534. The predicted molar refractivity (Wildman–Crippen MR) is 109 cm³/mol. The molecule has 0 fully saturated rings. The first kappa shape index (κ1) is 23.2. The van der Waals surface area contributed by atoms with Gasteiger partial charge in [-0.05, 0) is 27.7 Å². The Labute approximate surface area is 176 Å². The summed E-state index contributed by atoms with van der Waals surface area (Å²) in [5.41, 5.74) is -1.32. The number of ether oxygens (including phenoxy) is 3. The SMILES string of the molecule is COC(=O)[C@]1(C(C)C)N=C(c2ccccc2)N(C(=O)OC(C)C)N1C(=O)OC(C)C. The lowest BCUT2D eigenvalue weighted by Crippen LogP contribution is -2.63. The number of esters is 1. The Morgan fingerprint density at radius 2 is 1.43 bits per heavy atom. The van der Waals surface area contributed by atoms with Crippen LogP contribution in [0.15, 0.2) is 35.3 Å². The highest BCUT2D eigenvalue weighted by molar-refractivity contribution is 6.11. The Kier molecular flexibility index (Phi) is 7.07. The van der Waals surface area contributed by atoms with Gasteiger partial charge >= 0.3 is 18.2 Å². The van der Waals surface area contributed by atoms with Gasteiger partial charge in [0.05, 0.1) is 19.3 Å². The number of rotatable bonds is 5. The summed E-state index contributed by atoms with van der Waals surface area (Å²) >= 11 is 0. The van der Waals surface area contributed by atoms with Crippen LogP contribution in [0.2, 0.25) is 0 Å². The van der Waals surface area contributed by atoms with Crippen molar-refractivity contribution >= 4 is 24.0 Å². The van der Waals surface area contributed by atoms with Gasteiger partial charge in [-0.2, -0.15) is 10.0 Å². The molecule has 1 aromatic rings. The minimum absolute atomic E-state index is 0.0843. The number of amides is 2. The predicted octanol–water partition coefficient (Wildman–Crippen LogP) is 3.58. The van der Waals surface area contributed by atoms with Crippen molar-refractivity contribution in [2.75, 3.05) is 7.11 Å². The van der Waals surface area contributed by atoms with Gasteiger partial charge in [0, 0.05) is 11.5 Å². The van der Waals surface area contributed by atoms with Gasteiger partial charge in [-0.15, -0.1) is 0 Å². The van der Waals surface area contributed by atoms with Crippen LogP contribution in [0, 0.1) is 5.92 Å². The van der Waals surface area contributed by atoms with E-state index in [1.54, 1.807) is 71.9 Å². The van der Waals surface area contributed by atoms with E-state index in [4.69, 9.17) is 14.2 Å². The largest absolute Gasteiger partial charge is 0.466 e. The third-order valence-corrected chi connectivity index (χ3v) is 4.34. The molecule has 0 aliphatic carbocycles. The van der Waals surface area contributed by atoms with E-state index >= 15 is 0 Å². The number of aliphatic imine (C=N–C) groups is 1. The highest BCUT2D eigenvalue weighted by atomic mass is 16.6. The highest BCUT2D eigenvalue weighted by Gasteiger charge is 2.61. The zero-order valence-corrected chi connectivity index (χ0v) is 18.4. The van der Waals surface area contributed by atoms with Crippen LogP contribution < -0.4 is 0 Å². The minimum atomic E-state index is -1.85. The van der Waals surface area contributed by atoms with Gasteiger partial charge in [0.15, 0.2) is 5.84 Å². The van der Waals surface area contributed by atoms with Crippen molar-refractivity contribution in [3.8, 4) is 0 Å². The van der Waals surface area contributed by atoms with Gasteiger partial charge < -0.3 is 14.2 Å². The lowest BCUT2D eigenvalue weighted by Gasteiger charge is -2.38. The lowest BCUT2D eigenvalue weighted by atomic mass is 9.96. The molecule has 2 rings (SSSR count). The molecule has 164 valence electrons. The normalized spacial score (nSPS) is 18.7. The fourth-order valence-electron chi connectivity index (χ4n) is 3.06. The van der Waals surface area contributed by atoms with Gasteiger partial charge in [0.2, 0.25) is 0 Å². The summed E-state index contributed by atoms with van der Waals surface area (Å²) in [5, 5.41) is 1.85. The van der Waals surface area contributed by atoms with Crippen LogP contribution in [0.25, 0.3) is 0 Å². The zero-order valence-electron chi connectivity index (χ0n) is 18.4. The molecule has 0 N–H and O–H groups in total. The maximum absolute atomic E-state index is 13.1. The van der Waals surface area contributed by atoms with E-state index in [2.05, 4.69) is 4.99 Å². The molecule has 1 aromatic carbocycles. The summed E-state index contributed by atoms with van der Waals surface area (Å²) in [4.78, 5) is 43.8. The van der Waals surface area contributed by atoms with Crippen LogP contribution in [0.3, 0.4) is 0 Å². The fraction of sp³-hybridized carbons (Fsp3) is 0.524.